The zero-order chi connectivity index (χ0) is 71.6. The highest BCUT2D eigenvalue weighted by Gasteiger charge is 2.17. The summed E-state index contributed by atoms with van der Waals surface area (Å²) in [4.78, 5) is 9.01. The van der Waals surface area contributed by atoms with Crippen molar-refractivity contribution >= 4 is 109 Å². The summed E-state index contributed by atoms with van der Waals surface area (Å²) in [7, 11) is 4.28. The van der Waals surface area contributed by atoms with E-state index in [0.29, 0.717) is 0 Å². The second-order valence-electron chi connectivity index (χ2n) is 27.2. The molecule has 7 heterocycles. The van der Waals surface area contributed by atoms with Crippen LogP contribution in [0, 0.1) is 20.8 Å². The molecular formula is C99H77N7. The number of aromatic nitrogens is 7. The zero-order valence-corrected chi connectivity index (χ0v) is 59.9. The third kappa shape index (κ3) is 12.5. The quantitative estimate of drug-likeness (QED) is 0.167. The van der Waals surface area contributed by atoms with Crippen LogP contribution in [-0.4, -0.2) is 32.8 Å². The van der Waals surface area contributed by atoms with E-state index in [2.05, 4.69) is 425 Å². The average molecular weight is 1360 g/mol. The molecule has 0 aliphatic rings. The van der Waals surface area contributed by atoms with Gasteiger partial charge in [-0.05, 0) is 169 Å². The first kappa shape index (κ1) is 65.7. The summed E-state index contributed by atoms with van der Waals surface area (Å²) in [6.45, 7) is 6.19. The van der Waals surface area contributed by atoms with Crippen molar-refractivity contribution in [3.05, 3.63) is 393 Å². The molecule has 0 saturated carbocycles. The predicted octanol–water partition coefficient (Wildman–Crippen LogP) is 25.7. The van der Waals surface area contributed by atoms with Crippen molar-refractivity contribution in [3.8, 4) is 50.6 Å². The smallest absolute Gasteiger partial charge is 0.137 e. The fraction of sp³-hybridized carbons (Fsp3) is 0.0505. The Labute approximate surface area is 616 Å². The summed E-state index contributed by atoms with van der Waals surface area (Å²) in [5.74, 6) is 0.966. The van der Waals surface area contributed by atoms with Crippen LogP contribution in [0.4, 0.5) is 0 Å². The maximum Gasteiger partial charge on any atom is 0.137 e. The summed E-state index contributed by atoms with van der Waals surface area (Å²) in [6, 6.07) is 129. The first-order chi connectivity index (χ1) is 52.2. The minimum atomic E-state index is 0.966. The number of hydrogen-bond donors (Lipinski definition) is 0. The highest BCUT2D eigenvalue weighted by Crippen LogP contribution is 2.38. The molecule has 0 spiro atoms. The van der Waals surface area contributed by atoms with Crippen LogP contribution < -0.4 is 0 Å². The molecular weight excluding hydrogens is 1290 g/mol. The molecule has 0 aliphatic heterocycles. The van der Waals surface area contributed by atoms with Gasteiger partial charge in [0.05, 0.1) is 45.0 Å². The Bertz CT molecular complexity index is 6090. The summed E-state index contributed by atoms with van der Waals surface area (Å²) in [5.41, 5.74) is 25.9. The largest absolute Gasteiger partial charge is 0.344 e. The number of hydrogen-bond acceptors (Lipinski definition) is 2. The highest BCUT2D eigenvalue weighted by atomic mass is 15.1. The van der Waals surface area contributed by atoms with Crippen LogP contribution in [-0.2, 0) is 14.1 Å². The van der Waals surface area contributed by atoms with Gasteiger partial charge >= 0.3 is 0 Å². The van der Waals surface area contributed by atoms with Gasteiger partial charge in [0.2, 0.25) is 0 Å². The molecule has 0 N–H and O–H groups in total. The maximum atomic E-state index is 4.58. The van der Waals surface area contributed by atoms with E-state index >= 15 is 0 Å². The van der Waals surface area contributed by atoms with E-state index in [1.54, 1.807) is 0 Å². The second kappa shape index (κ2) is 28.7. The number of fused-ring (bicyclic) bond motifs is 15. The van der Waals surface area contributed by atoms with Crippen molar-refractivity contribution in [2.75, 3.05) is 0 Å². The minimum absolute atomic E-state index is 0.966. The van der Waals surface area contributed by atoms with Gasteiger partial charge < -0.3 is 18.3 Å². The van der Waals surface area contributed by atoms with Crippen LogP contribution in [0.1, 0.15) is 16.8 Å². The van der Waals surface area contributed by atoms with Crippen molar-refractivity contribution in [2.24, 2.45) is 14.1 Å². The molecule has 0 atom stereocenters. The third-order valence-electron chi connectivity index (χ3n) is 20.6. The Hall–Kier alpha value is -13.6. The summed E-state index contributed by atoms with van der Waals surface area (Å²) in [6.07, 6.45) is 3.85. The van der Waals surface area contributed by atoms with Crippen LogP contribution in [0.2, 0.25) is 0 Å². The Kier molecular flexibility index (Phi) is 17.8. The summed E-state index contributed by atoms with van der Waals surface area (Å²) < 4.78 is 11.4. The standard InChI is InChI=1S/C25H19N.2C19H15N.2C18H14N2/c1-26-24-14-12-20(18-8-4-2-5-9-18)16-22(24)23-17-21(13-15-25(23)26)19-10-6-3-7-11-19;1-14-10-12-15(13-11-14)20-18-8-4-2-6-16(18)17-7-3-5-9-19(17)20;1-20-18-10-6-5-9-16(18)17-13-15(11-12-19(17)20)14-7-3-2-4-8-14;1-13-10-11-14(12-19-13)20-17-8-4-2-6-15(17)16-7-3-5-9-18(16)20;1-13-10-11-18(19-12-13)20-16-8-4-2-6-14(16)15-7-3-5-9-17(15)20/h2-17H,1H3;2*2-13H,1H3;2*2-12H,1H3. The van der Waals surface area contributed by atoms with Crippen LogP contribution in [0.15, 0.2) is 376 Å². The van der Waals surface area contributed by atoms with Gasteiger partial charge in [-0.15, -0.1) is 0 Å². The van der Waals surface area contributed by atoms with E-state index in [-0.39, 0.29) is 0 Å². The zero-order valence-electron chi connectivity index (χ0n) is 59.9. The molecule has 0 unspecified atom stereocenters. The maximum absolute atomic E-state index is 4.58. The van der Waals surface area contributed by atoms with E-state index in [0.717, 1.165) is 17.2 Å². The molecule has 0 amide bonds. The molecule has 106 heavy (non-hydrogen) atoms. The van der Waals surface area contributed by atoms with Crippen LogP contribution in [0.25, 0.3) is 160 Å². The van der Waals surface area contributed by atoms with Crippen LogP contribution in [0.3, 0.4) is 0 Å². The van der Waals surface area contributed by atoms with Gasteiger partial charge in [-0.3, -0.25) is 9.55 Å². The molecule has 7 nitrogen and oxygen atoms in total. The first-order valence-electron chi connectivity index (χ1n) is 36.2. The molecule has 0 saturated heterocycles. The molecule has 21 aromatic rings. The van der Waals surface area contributed by atoms with Gasteiger partial charge in [0.15, 0.2) is 0 Å². The first-order valence-corrected chi connectivity index (χ1v) is 36.2. The SMILES string of the molecule is Cc1ccc(-n2c3ccccc3c3ccccc32)cc1.Cc1ccc(-n2c3ccccc3c3ccccc32)cn1.Cc1ccc(-n2c3ccccc3c3ccccc32)nc1.Cn1c2ccc(-c3ccccc3)cc2c2cc(-c3ccccc3)ccc21.Cn1c2ccccc2c2cc(-c3ccccc3)ccc21. The van der Waals surface area contributed by atoms with E-state index in [4.69, 9.17) is 0 Å². The number of benzene rings is 14. The van der Waals surface area contributed by atoms with Crippen molar-refractivity contribution in [1.82, 2.24) is 32.8 Å². The van der Waals surface area contributed by atoms with Crippen LogP contribution >= 0.6 is 0 Å². The lowest BCUT2D eigenvalue weighted by Gasteiger charge is -2.07. The number of aryl methyl sites for hydroxylation is 5. The Morgan fingerprint density at radius 2 is 0.491 bits per heavy atom. The molecule has 508 valence electrons. The number of nitrogens with zero attached hydrogens (tertiary/aromatic N) is 7. The highest BCUT2D eigenvalue weighted by molar-refractivity contribution is 6.13. The topological polar surface area (TPSA) is 50.4 Å². The third-order valence-corrected chi connectivity index (χ3v) is 20.6. The van der Waals surface area contributed by atoms with Gasteiger partial charge in [-0.1, -0.05) is 260 Å². The molecule has 0 bridgehead atoms. The van der Waals surface area contributed by atoms with E-state index in [1.807, 2.05) is 19.3 Å². The second-order valence-corrected chi connectivity index (χ2v) is 27.2. The Morgan fingerprint density at radius 3 is 0.840 bits per heavy atom. The minimum Gasteiger partial charge on any atom is -0.344 e. The molecule has 0 fully saturated rings. The lowest BCUT2D eigenvalue weighted by Crippen LogP contribution is -1.96. The summed E-state index contributed by atoms with van der Waals surface area (Å²) in [5, 5.41) is 13.0. The summed E-state index contributed by atoms with van der Waals surface area (Å²) >= 11 is 0. The molecule has 14 aromatic carbocycles. The lowest BCUT2D eigenvalue weighted by atomic mass is 10.0. The van der Waals surface area contributed by atoms with Gasteiger partial charge in [-0.2, -0.15) is 0 Å². The molecule has 0 aliphatic carbocycles. The van der Waals surface area contributed by atoms with E-state index < -0.39 is 0 Å². The predicted molar refractivity (Wildman–Crippen MR) is 449 cm³/mol. The van der Waals surface area contributed by atoms with E-state index in [9.17, 15) is 0 Å². The molecule has 7 heteroatoms. The van der Waals surface area contributed by atoms with E-state index in [1.165, 1.54) is 159 Å². The fourth-order valence-electron chi connectivity index (χ4n) is 15.3. The normalized spacial score (nSPS) is 11.3. The van der Waals surface area contributed by atoms with Crippen molar-refractivity contribution in [1.29, 1.82) is 0 Å². The molecule has 7 aromatic heterocycles. The molecule has 21 rings (SSSR count). The van der Waals surface area contributed by atoms with Crippen molar-refractivity contribution in [2.45, 2.75) is 20.8 Å². The van der Waals surface area contributed by atoms with Crippen molar-refractivity contribution < 1.29 is 0 Å². The van der Waals surface area contributed by atoms with Crippen molar-refractivity contribution in [3.63, 3.8) is 0 Å². The average Bonchev–Trinajstić information content (AvgIpc) is 1.63. The Balaban J connectivity index is 0.0000000979. The number of rotatable bonds is 6. The number of pyridine rings is 2. The monoisotopic (exact) mass is 1360 g/mol. The van der Waals surface area contributed by atoms with Crippen LogP contribution in [0.5, 0.6) is 0 Å². The number of para-hydroxylation sites is 7. The van der Waals surface area contributed by atoms with Gasteiger partial charge in [0, 0.05) is 108 Å². The van der Waals surface area contributed by atoms with Gasteiger partial charge in [0.25, 0.3) is 0 Å². The lowest BCUT2D eigenvalue weighted by molar-refractivity contribution is 1.01. The van der Waals surface area contributed by atoms with Gasteiger partial charge in [-0.25, -0.2) is 4.98 Å². The fourth-order valence-corrected chi connectivity index (χ4v) is 15.3. The molecule has 0 radical (unpaired) electrons. The van der Waals surface area contributed by atoms with Gasteiger partial charge in [0.1, 0.15) is 5.82 Å². The Morgan fingerprint density at radius 1 is 0.198 bits per heavy atom.